The molecule has 20 heavy (non-hydrogen) atoms. The maximum Gasteiger partial charge on any atom is 0.419 e. The quantitative estimate of drug-likeness (QED) is 0.885. The van der Waals surface area contributed by atoms with Crippen molar-refractivity contribution in [1.29, 1.82) is 0 Å². The minimum absolute atomic E-state index is 0.0114. The van der Waals surface area contributed by atoms with Crippen molar-refractivity contribution in [3.05, 3.63) is 22.3 Å². The Labute approximate surface area is 124 Å². The fraction of sp³-hybridized carbons (Fsp3) is 0.615. The average Bonchev–Trinajstić information content (AvgIpc) is 2.37. The molecule has 1 fully saturated rings. The molecule has 0 aromatic carbocycles. The van der Waals surface area contributed by atoms with Gasteiger partial charge in [-0.1, -0.05) is 0 Å². The number of nitrogens with zero attached hydrogens (tertiary/aromatic N) is 2. The number of halogens is 4. The Balaban J connectivity index is 2.45. The predicted octanol–water partition coefficient (Wildman–Crippen LogP) is 3.57. The van der Waals surface area contributed by atoms with E-state index < -0.39 is 11.7 Å². The molecule has 0 aliphatic carbocycles. The van der Waals surface area contributed by atoms with Crippen LogP contribution in [-0.4, -0.2) is 23.6 Å². The molecule has 1 aromatic rings. The second-order valence-electron chi connectivity index (χ2n) is 5.14. The van der Waals surface area contributed by atoms with Crippen LogP contribution in [0.15, 0.2) is 16.7 Å². The number of anilines is 1. The summed E-state index contributed by atoms with van der Waals surface area (Å²) in [6, 6.07) is 0.787. The standard InChI is InChI=1S/C13H17BrF3N3/c1-8(18)11-4-2-3-5-20(11)12-10(13(15,16)17)6-9(14)7-19-12/h6-8,11H,2-5,18H2,1H3. The van der Waals surface area contributed by atoms with E-state index in [4.69, 9.17) is 5.73 Å². The molecule has 2 heterocycles. The van der Waals surface area contributed by atoms with Gasteiger partial charge in [0.15, 0.2) is 0 Å². The van der Waals surface area contributed by atoms with Gasteiger partial charge in [0.05, 0.1) is 5.56 Å². The van der Waals surface area contributed by atoms with E-state index >= 15 is 0 Å². The first-order valence-corrected chi connectivity index (χ1v) is 7.35. The van der Waals surface area contributed by atoms with Gasteiger partial charge in [-0.2, -0.15) is 13.2 Å². The molecule has 0 saturated carbocycles. The molecule has 1 aliphatic heterocycles. The molecule has 0 spiro atoms. The van der Waals surface area contributed by atoms with Gasteiger partial charge in [-0.25, -0.2) is 4.98 Å². The molecule has 112 valence electrons. The van der Waals surface area contributed by atoms with Gasteiger partial charge in [-0.05, 0) is 48.2 Å². The lowest BCUT2D eigenvalue weighted by molar-refractivity contribution is -0.137. The third kappa shape index (κ3) is 3.25. The summed E-state index contributed by atoms with van der Waals surface area (Å²) >= 11 is 3.05. The first kappa shape index (κ1) is 15.6. The molecule has 0 radical (unpaired) electrons. The van der Waals surface area contributed by atoms with Gasteiger partial charge >= 0.3 is 6.18 Å². The minimum Gasteiger partial charge on any atom is -0.352 e. The summed E-state index contributed by atoms with van der Waals surface area (Å²) < 4.78 is 39.9. The van der Waals surface area contributed by atoms with Gasteiger partial charge in [-0.15, -0.1) is 0 Å². The fourth-order valence-corrected chi connectivity index (χ4v) is 2.97. The van der Waals surface area contributed by atoms with Crippen molar-refractivity contribution < 1.29 is 13.2 Å². The van der Waals surface area contributed by atoms with Gasteiger partial charge in [0.1, 0.15) is 5.82 Å². The zero-order valence-corrected chi connectivity index (χ0v) is 12.7. The maximum atomic E-state index is 13.2. The number of nitrogens with two attached hydrogens (primary N) is 1. The zero-order valence-electron chi connectivity index (χ0n) is 11.1. The highest BCUT2D eigenvalue weighted by Gasteiger charge is 2.38. The lowest BCUT2D eigenvalue weighted by Gasteiger charge is -2.39. The Morgan fingerprint density at radius 2 is 2.15 bits per heavy atom. The number of hydrogen-bond acceptors (Lipinski definition) is 3. The van der Waals surface area contributed by atoms with E-state index in [0.717, 1.165) is 25.3 Å². The second-order valence-corrected chi connectivity index (χ2v) is 6.05. The number of piperidine rings is 1. The summed E-state index contributed by atoms with van der Waals surface area (Å²) in [6.45, 7) is 2.39. The van der Waals surface area contributed by atoms with E-state index in [0.29, 0.717) is 11.0 Å². The van der Waals surface area contributed by atoms with Crippen LogP contribution >= 0.6 is 15.9 Å². The van der Waals surface area contributed by atoms with Crippen LogP contribution in [0.4, 0.5) is 19.0 Å². The largest absolute Gasteiger partial charge is 0.419 e. The van der Waals surface area contributed by atoms with Crippen molar-refractivity contribution in [1.82, 2.24) is 4.98 Å². The molecule has 1 aliphatic rings. The molecule has 1 saturated heterocycles. The number of alkyl halides is 3. The summed E-state index contributed by atoms with van der Waals surface area (Å²) in [6.07, 6.45) is -0.380. The van der Waals surface area contributed by atoms with Gasteiger partial charge in [0.25, 0.3) is 0 Å². The number of hydrogen-bond donors (Lipinski definition) is 1. The highest BCUT2D eigenvalue weighted by Crippen LogP contribution is 2.38. The Hall–Kier alpha value is -0.820. The summed E-state index contributed by atoms with van der Waals surface area (Å²) in [5.74, 6) is -0.0114. The van der Waals surface area contributed by atoms with E-state index in [2.05, 4.69) is 20.9 Å². The van der Waals surface area contributed by atoms with Gasteiger partial charge < -0.3 is 10.6 Å². The second kappa shape index (κ2) is 5.89. The molecule has 2 atom stereocenters. The minimum atomic E-state index is -4.42. The lowest BCUT2D eigenvalue weighted by atomic mass is 9.96. The lowest BCUT2D eigenvalue weighted by Crippen LogP contribution is -2.50. The third-order valence-electron chi connectivity index (χ3n) is 3.57. The normalized spacial score (nSPS) is 21.9. The molecular weight excluding hydrogens is 335 g/mol. The van der Waals surface area contributed by atoms with Crippen LogP contribution in [0, 0.1) is 0 Å². The summed E-state index contributed by atoms with van der Waals surface area (Å²) in [4.78, 5) is 5.72. The molecular formula is C13H17BrF3N3. The van der Waals surface area contributed by atoms with E-state index in [1.807, 2.05) is 6.92 Å². The fourth-order valence-electron chi connectivity index (χ4n) is 2.64. The Kier molecular flexibility index (Phi) is 4.59. The smallest absolute Gasteiger partial charge is 0.352 e. The molecule has 0 amide bonds. The van der Waals surface area contributed by atoms with Crippen LogP contribution in [0.2, 0.25) is 0 Å². The van der Waals surface area contributed by atoms with E-state index in [1.54, 1.807) is 4.90 Å². The van der Waals surface area contributed by atoms with Crippen molar-refractivity contribution in [2.24, 2.45) is 5.73 Å². The summed E-state index contributed by atoms with van der Waals surface area (Å²) in [5, 5.41) is 0. The Bertz CT molecular complexity index is 476. The zero-order chi connectivity index (χ0) is 14.9. The number of rotatable bonds is 2. The van der Waals surface area contributed by atoms with Crippen LogP contribution in [0.3, 0.4) is 0 Å². The molecule has 2 unspecified atom stereocenters. The average molecular weight is 352 g/mol. The summed E-state index contributed by atoms with van der Waals surface area (Å²) in [5.41, 5.74) is 5.22. The van der Waals surface area contributed by atoms with Crippen molar-refractivity contribution in [3.8, 4) is 0 Å². The van der Waals surface area contributed by atoms with Crippen LogP contribution in [0.5, 0.6) is 0 Å². The predicted molar refractivity (Wildman–Crippen MR) is 75.6 cm³/mol. The molecule has 1 aromatic heterocycles. The van der Waals surface area contributed by atoms with Gasteiger partial charge in [-0.3, -0.25) is 0 Å². The van der Waals surface area contributed by atoms with E-state index in [9.17, 15) is 13.2 Å². The van der Waals surface area contributed by atoms with E-state index in [-0.39, 0.29) is 17.9 Å². The van der Waals surface area contributed by atoms with Crippen molar-refractivity contribution >= 4 is 21.7 Å². The molecule has 2 rings (SSSR count). The third-order valence-corrected chi connectivity index (χ3v) is 4.00. The van der Waals surface area contributed by atoms with Crippen molar-refractivity contribution in [2.75, 3.05) is 11.4 Å². The highest BCUT2D eigenvalue weighted by molar-refractivity contribution is 9.10. The Morgan fingerprint density at radius 1 is 1.45 bits per heavy atom. The number of pyridine rings is 1. The topological polar surface area (TPSA) is 42.1 Å². The van der Waals surface area contributed by atoms with Gasteiger partial charge in [0, 0.05) is 29.3 Å². The molecule has 2 N–H and O–H groups in total. The first-order valence-electron chi connectivity index (χ1n) is 6.55. The first-order chi connectivity index (χ1) is 9.30. The van der Waals surface area contributed by atoms with Crippen molar-refractivity contribution in [2.45, 2.75) is 44.4 Å². The van der Waals surface area contributed by atoms with Crippen molar-refractivity contribution in [3.63, 3.8) is 0 Å². The monoisotopic (exact) mass is 351 g/mol. The van der Waals surface area contributed by atoms with Crippen LogP contribution in [0.25, 0.3) is 0 Å². The van der Waals surface area contributed by atoms with Crippen LogP contribution in [0.1, 0.15) is 31.7 Å². The highest BCUT2D eigenvalue weighted by atomic mass is 79.9. The van der Waals surface area contributed by atoms with E-state index in [1.165, 1.54) is 6.20 Å². The maximum absolute atomic E-state index is 13.2. The van der Waals surface area contributed by atoms with Crippen LogP contribution in [-0.2, 0) is 6.18 Å². The summed E-state index contributed by atoms with van der Waals surface area (Å²) in [7, 11) is 0. The molecule has 3 nitrogen and oxygen atoms in total. The molecule has 0 bridgehead atoms. The van der Waals surface area contributed by atoms with Gasteiger partial charge in [0.2, 0.25) is 0 Å². The molecule has 7 heteroatoms. The Morgan fingerprint density at radius 3 is 2.75 bits per heavy atom. The van der Waals surface area contributed by atoms with Crippen LogP contribution < -0.4 is 10.6 Å². The number of aromatic nitrogens is 1. The SMILES string of the molecule is CC(N)C1CCCCN1c1ncc(Br)cc1C(F)(F)F.